The van der Waals surface area contributed by atoms with Crippen molar-refractivity contribution < 1.29 is 4.42 Å². The molecule has 2 aliphatic rings. The summed E-state index contributed by atoms with van der Waals surface area (Å²) in [6.07, 6.45) is 0. The first-order valence-corrected chi connectivity index (χ1v) is 22.6. The summed E-state index contributed by atoms with van der Waals surface area (Å²) in [6.45, 7) is 37.7. The summed E-state index contributed by atoms with van der Waals surface area (Å²) in [5, 5.41) is 7.71. The van der Waals surface area contributed by atoms with Gasteiger partial charge >= 0.3 is 0 Å². The SMILES string of the molecule is CC(C)(C)c1ccc2c(c1)c1cc(C(C)(C)C)cc3c1n2-c1cc2oc4cc5c(cc4c2cc1C3(C)C)C(C)(C)c1cc(C(C)(C)C)cc2c3cc(C(C)(C)C)ccc3n-5c12. The van der Waals surface area contributed by atoms with Crippen molar-refractivity contribution in [3.05, 3.63) is 129 Å². The van der Waals surface area contributed by atoms with Crippen LogP contribution in [0.1, 0.15) is 155 Å². The van der Waals surface area contributed by atoms with Crippen molar-refractivity contribution in [2.24, 2.45) is 0 Å². The van der Waals surface area contributed by atoms with Crippen molar-refractivity contribution in [3.63, 3.8) is 0 Å². The molecule has 11 rings (SSSR count). The van der Waals surface area contributed by atoms with Crippen LogP contribution in [0.2, 0.25) is 0 Å². The molecule has 3 aromatic heterocycles. The Morgan fingerprint density at radius 1 is 0.361 bits per heavy atom. The molecule has 0 bridgehead atoms. The quantitative estimate of drug-likeness (QED) is 0.150. The number of aromatic nitrogens is 2. The van der Waals surface area contributed by atoms with Crippen LogP contribution in [0.5, 0.6) is 0 Å². The van der Waals surface area contributed by atoms with E-state index < -0.39 is 0 Å². The van der Waals surface area contributed by atoms with E-state index in [0.29, 0.717) is 0 Å². The summed E-state index contributed by atoms with van der Waals surface area (Å²) < 4.78 is 12.2. The number of hydrogen-bond acceptors (Lipinski definition) is 1. The molecule has 0 radical (unpaired) electrons. The Kier molecular flexibility index (Phi) is 7.22. The van der Waals surface area contributed by atoms with E-state index >= 15 is 0 Å². The largest absolute Gasteiger partial charge is 0.456 e. The van der Waals surface area contributed by atoms with Crippen LogP contribution in [0.25, 0.3) is 76.9 Å². The van der Waals surface area contributed by atoms with Crippen LogP contribution in [0.3, 0.4) is 0 Å². The highest BCUT2D eigenvalue weighted by molar-refractivity contribution is 6.15. The molecule has 0 N–H and O–H groups in total. The summed E-state index contributed by atoms with van der Waals surface area (Å²) in [5.41, 5.74) is 20.0. The number of hydrogen-bond donors (Lipinski definition) is 0. The van der Waals surface area contributed by atoms with Gasteiger partial charge in [0.15, 0.2) is 0 Å². The van der Waals surface area contributed by atoms with Crippen molar-refractivity contribution >= 4 is 65.6 Å². The van der Waals surface area contributed by atoms with Gasteiger partial charge in [-0.05, 0) is 115 Å². The van der Waals surface area contributed by atoms with Crippen LogP contribution in [-0.2, 0) is 32.5 Å². The predicted octanol–water partition coefficient (Wildman–Crippen LogP) is 16.2. The second kappa shape index (κ2) is 11.4. The number of benzene rings is 6. The first-order chi connectivity index (χ1) is 28.3. The average Bonchev–Trinajstić information content (AvgIpc) is 3.80. The van der Waals surface area contributed by atoms with Gasteiger partial charge in [-0.15, -0.1) is 0 Å². The zero-order chi connectivity index (χ0) is 43.5. The van der Waals surface area contributed by atoms with Crippen LogP contribution < -0.4 is 0 Å². The Morgan fingerprint density at radius 2 is 0.705 bits per heavy atom. The van der Waals surface area contributed by atoms with Gasteiger partial charge < -0.3 is 13.6 Å². The van der Waals surface area contributed by atoms with Crippen LogP contribution in [0.4, 0.5) is 0 Å². The molecule has 6 aromatic carbocycles. The lowest BCUT2D eigenvalue weighted by Crippen LogP contribution is -2.27. The van der Waals surface area contributed by atoms with Crippen molar-refractivity contribution in [3.8, 4) is 11.4 Å². The average molecular weight is 803 g/mol. The molecule has 5 heterocycles. The third-order valence-electron chi connectivity index (χ3n) is 15.1. The normalized spacial score (nSPS) is 16.1. The highest BCUT2D eigenvalue weighted by atomic mass is 16.3. The Hall–Kier alpha value is -5.28. The third-order valence-corrected chi connectivity index (χ3v) is 15.1. The maximum Gasteiger partial charge on any atom is 0.137 e. The lowest BCUT2D eigenvalue weighted by atomic mass is 9.71. The highest BCUT2D eigenvalue weighted by Crippen LogP contribution is 2.54. The minimum Gasteiger partial charge on any atom is -0.456 e. The molecule has 0 atom stereocenters. The fourth-order valence-corrected chi connectivity index (χ4v) is 11.1. The summed E-state index contributed by atoms with van der Waals surface area (Å²) in [7, 11) is 0. The van der Waals surface area contributed by atoms with Crippen LogP contribution >= 0.6 is 0 Å². The second-order valence-corrected chi connectivity index (χ2v) is 24.1. The van der Waals surface area contributed by atoms with E-state index in [1.165, 1.54) is 110 Å². The van der Waals surface area contributed by atoms with Crippen LogP contribution in [0.15, 0.2) is 89.3 Å². The molecule has 310 valence electrons. The summed E-state index contributed by atoms with van der Waals surface area (Å²) in [4.78, 5) is 0. The van der Waals surface area contributed by atoms with Gasteiger partial charge in [-0.1, -0.05) is 135 Å². The number of fused-ring (bicyclic) bond motifs is 13. The fourth-order valence-electron chi connectivity index (χ4n) is 11.1. The van der Waals surface area contributed by atoms with E-state index in [1.54, 1.807) is 0 Å². The first-order valence-electron chi connectivity index (χ1n) is 22.6. The van der Waals surface area contributed by atoms with Crippen molar-refractivity contribution in [1.29, 1.82) is 0 Å². The van der Waals surface area contributed by atoms with Crippen molar-refractivity contribution in [2.45, 2.75) is 143 Å². The highest BCUT2D eigenvalue weighted by Gasteiger charge is 2.40. The molecule has 3 nitrogen and oxygen atoms in total. The van der Waals surface area contributed by atoms with Gasteiger partial charge in [0.25, 0.3) is 0 Å². The molecule has 2 aliphatic heterocycles. The molecule has 3 heteroatoms. The van der Waals surface area contributed by atoms with Gasteiger partial charge in [0.2, 0.25) is 0 Å². The van der Waals surface area contributed by atoms with E-state index in [1.807, 2.05) is 0 Å². The lowest BCUT2D eigenvalue weighted by molar-refractivity contribution is 0.581. The van der Waals surface area contributed by atoms with E-state index in [2.05, 4.69) is 205 Å². The van der Waals surface area contributed by atoms with Gasteiger partial charge in [0, 0.05) is 55.3 Å². The zero-order valence-corrected chi connectivity index (χ0v) is 39.4. The van der Waals surface area contributed by atoms with E-state index in [0.717, 1.165) is 11.2 Å². The summed E-state index contributed by atoms with van der Waals surface area (Å²) >= 11 is 0. The molecule has 0 amide bonds. The smallest absolute Gasteiger partial charge is 0.137 e. The monoisotopic (exact) mass is 802 g/mol. The molecule has 0 aliphatic carbocycles. The van der Waals surface area contributed by atoms with Gasteiger partial charge in [-0.25, -0.2) is 0 Å². The fraction of sp³-hybridized carbons (Fsp3) is 0.379. The van der Waals surface area contributed by atoms with Crippen LogP contribution in [-0.4, -0.2) is 9.13 Å². The maximum absolute atomic E-state index is 7.09. The minimum atomic E-state index is -0.249. The lowest BCUT2D eigenvalue weighted by Gasteiger charge is -2.36. The molecule has 0 saturated carbocycles. The second-order valence-electron chi connectivity index (χ2n) is 24.1. The van der Waals surface area contributed by atoms with Crippen molar-refractivity contribution in [1.82, 2.24) is 9.13 Å². The molecule has 0 unspecified atom stereocenters. The Labute approximate surface area is 361 Å². The maximum atomic E-state index is 7.09. The van der Waals surface area contributed by atoms with E-state index in [4.69, 9.17) is 4.42 Å². The first kappa shape index (κ1) is 38.6. The topological polar surface area (TPSA) is 23.0 Å². The number of rotatable bonds is 0. The number of nitrogens with zero attached hydrogens (tertiary/aromatic N) is 2. The van der Waals surface area contributed by atoms with Gasteiger partial charge in [-0.3, -0.25) is 0 Å². The molecule has 9 aromatic rings. The number of furan rings is 1. The molecule has 61 heavy (non-hydrogen) atoms. The Bertz CT molecular complexity index is 3200. The molecular formula is C58H62N2O. The summed E-state index contributed by atoms with van der Waals surface area (Å²) in [6, 6.07) is 34.0. The van der Waals surface area contributed by atoms with Gasteiger partial charge in [-0.2, -0.15) is 0 Å². The summed E-state index contributed by atoms with van der Waals surface area (Å²) in [5.74, 6) is 0. The van der Waals surface area contributed by atoms with Gasteiger partial charge in [0.05, 0.1) is 33.4 Å². The van der Waals surface area contributed by atoms with E-state index in [9.17, 15) is 0 Å². The van der Waals surface area contributed by atoms with Crippen LogP contribution in [0, 0.1) is 0 Å². The van der Waals surface area contributed by atoms with E-state index in [-0.39, 0.29) is 32.5 Å². The Balaban J connectivity index is 1.22. The van der Waals surface area contributed by atoms with Gasteiger partial charge in [0.1, 0.15) is 11.2 Å². The minimum absolute atomic E-state index is 0.00544. The predicted molar refractivity (Wildman–Crippen MR) is 261 cm³/mol. The Morgan fingerprint density at radius 3 is 1.05 bits per heavy atom. The molecule has 0 saturated heterocycles. The zero-order valence-electron chi connectivity index (χ0n) is 39.4. The molecule has 0 spiro atoms. The molecule has 0 fully saturated rings. The van der Waals surface area contributed by atoms with Crippen molar-refractivity contribution in [2.75, 3.05) is 0 Å². The third kappa shape index (κ3) is 5.10. The molecular weight excluding hydrogens is 741 g/mol. The standard InChI is InChI=1S/C58H62N2O/c1-53(2,3)31-17-19-45-35(21-31)39-23-33(55(7,8)9)25-43-51(39)59(45)47-29-49-37(27-41(47)57(43,13)14)38-28-42-48(30-50(38)61-49)60-46-20-18-32(54(4,5)6)22-36(46)40-24-34(56(10,11)12)26-44(52(40)60)58(42,15)16/h17-30H,1-16H3.